The summed E-state index contributed by atoms with van der Waals surface area (Å²) >= 11 is 0. The van der Waals surface area contributed by atoms with Crippen molar-refractivity contribution in [3.05, 3.63) is 30.1 Å². The van der Waals surface area contributed by atoms with Gasteiger partial charge in [0.05, 0.1) is 5.69 Å². The molecule has 0 saturated carbocycles. The number of piperidine rings is 1. The third kappa shape index (κ3) is 3.45. The molecule has 1 heterocycles. The van der Waals surface area contributed by atoms with E-state index in [9.17, 15) is 4.39 Å². The van der Waals surface area contributed by atoms with Crippen LogP contribution in [0.15, 0.2) is 24.3 Å². The Morgan fingerprint density at radius 2 is 2.17 bits per heavy atom. The van der Waals surface area contributed by atoms with Gasteiger partial charge in [-0.3, -0.25) is 0 Å². The van der Waals surface area contributed by atoms with Crippen LogP contribution in [-0.4, -0.2) is 25.7 Å². The van der Waals surface area contributed by atoms with Crippen molar-refractivity contribution in [3.8, 4) is 0 Å². The van der Waals surface area contributed by atoms with Crippen molar-refractivity contribution < 1.29 is 4.39 Å². The Kier molecular flexibility index (Phi) is 4.59. The molecule has 100 valence electrons. The summed E-state index contributed by atoms with van der Waals surface area (Å²) in [5.74, 6) is 0.552. The van der Waals surface area contributed by atoms with Gasteiger partial charge in [0.1, 0.15) is 5.82 Å². The fourth-order valence-corrected chi connectivity index (χ4v) is 2.47. The number of nitrogens with one attached hydrogen (secondary N) is 1. The monoisotopic (exact) mass is 250 g/mol. The van der Waals surface area contributed by atoms with Crippen LogP contribution in [0, 0.1) is 11.7 Å². The molecule has 0 aromatic heterocycles. The van der Waals surface area contributed by atoms with E-state index in [2.05, 4.69) is 24.1 Å². The summed E-state index contributed by atoms with van der Waals surface area (Å²) in [5.41, 5.74) is 0.744. The molecule has 1 fully saturated rings. The van der Waals surface area contributed by atoms with E-state index in [4.69, 9.17) is 0 Å². The highest BCUT2D eigenvalue weighted by Gasteiger charge is 2.21. The highest BCUT2D eigenvalue weighted by molar-refractivity contribution is 5.48. The molecule has 1 saturated heterocycles. The van der Waals surface area contributed by atoms with Crippen LogP contribution in [0.1, 0.15) is 26.7 Å². The van der Waals surface area contributed by atoms with E-state index in [0.29, 0.717) is 12.0 Å². The average Bonchev–Trinajstić information content (AvgIpc) is 2.37. The van der Waals surface area contributed by atoms with Gasteiger partial charge in [0.25, 0.3) is 0 Å². The second-order valence-electron chi connectivity index (χ2n) is 5.54. The molecular weight excluding hydrogens is 227 g/mol. The molecule has 0 radical (unpaired) electrons. The summed E-state index contributed by atoms with van der Waals surface area (Å²) in [6.45, 7) is 7.33. The molecule has 1 aromatic carbocycles. The zero-order chi connectivity index (χ0) is 13.0. The molecular formula is C15H23FN2. The first kappa shape index (κ1) is 13.3. The van der Waals surface area contributed by atoms with Crippen LogP contribution in [-0.2, 0) is 0 Å². The fraction of sp³-hybridized carbons (Fsp3) is 0.600. The number of anilines is 1. The number of hydrogen-bond acceptors (Lipinski definition) is 2. The third-order valence-corrected chi connectivity index (χ3v) is 3.43. The van der Waals surface area contributed by atoms with Crippen molar-refractivity contribution in [2.75, 3.05) is 24.5 Å². The highest BCUT2D eigenvalue weighted by atomic mass is 19.1. The molecule has 1 aliphatic heterocycles. The summed E-state index contributed by atoms with van der Waals surface area (Å²) in [4.78, 5) is 2.16. The summed E-state index contributed by atoms with van der Waals surface area (Å²) in [5, 5.41) is 3.58. The van der Waals surface area contributed by atoms with Crippen molar-refractivity contribution >= 4 is 5.69 Å². The van der Waals surface area contributed by atoms with Crippen LogP contribution in [0.25, 0.3) is 0 Å². The van der Waals surface area contributed by atoms with E-state index in [1.54, 1.807) is 12.1 Å². The maximum Gasteiger partial charge on any atom is 0.146 e. The van der Waals surface area contributed by atoms with Crippen LogP contribution in [0.4, 0.5) is 10.1 Å². The van der Waals surface area contributed by atoms with Crippen molar-refractivity contribution in [1.82, 2.24) is 5.32 Å². The minimum atomic E-state index is -0.109. The molecule has 0 bridgehead atoms. The zero-order valence-corrected chi connectivity index (χ0v) is 11.3. The summed E-state index contributed by atoms with van der Waals surface area (Å²) < 4.78 is 13.8. The fourth-order valence-electron chi connectivity index (χ4n) is 2.47. The number of benzene rings is 1. The summed E-state index contributed by atoms with van der Waals surface area (Å²) in [7, 11) is 0. The lowest BCUT2D eigenvalue weighted by Gasteiger charge is -2.35. The first-order valence-electron chi connectivity index (χ1n) is 6.89. The van der Waals surface area contributed by atoms with Gasteiger partial charge in [-0.2, -0.15) is 0 Å². The Balaban J connectivity index is 1.96. The number of nitrogens with zero attached hydrogens (tertiary/aromatic N) is 1. The van der Waals surface area contributed by atoms with Gasteiger partial charge in [-0.1, -0.05) is 26.0 Å². The van der Waals surface area contributed by atoms with Crippen molar-refractivity contribution in [3.63, 3.8) is 0 Å². The molecule has 3 heteroatoms. The SMILES string of the molecule is CC(C)CNC1CCCN(c2ccccc2F)C1. The molecule has 0 amide bonds. The standard InChI is InChI=1S/C15H23FN2/c1-12(2)10-17-13-6-5-9-18(11-13)15-8-4-3-7-14(15)16/h3-4,7-8,12-13,17H,5-6,9-11H2,1-2H3. The van der Waals surface area contributed by atoms with Crippen molar-refractivity contribution in [1.29, 1.82) is 0 Å². The topological polar surface area (TPSA) is 15.3 Å². The Labute approximate surface area is 109 Å². The van der Waals surface area contributed by atoms with Crippen LogP contribution < -0.4 is 10.2 Å². The predicted octanol–water partition coefficient (Wildman–Crippen LogP) is 3.04. The molecule has 1 aromatic rings. The minimum Gasteiger partial charge on any atom is -0.368 e. The Morgan fingerprint density at radius 3 is 2.89 bits per heavy atom. The first-order valence-corrected chi connectivity index (χ1v) is 6.89. The third-order valence-electron chi connectivity index (χ3n) is 3.43. The van der Waals surface area contributed by atoms with Gasteiger partial charge in [-0.15, -0.1) is 0 Å². The van der Waals surface area contributed by atoms with Gasteiger partial charge in [0.2, 0.25) is 0 Å². The molecule has 1 unspecified atom stereocenters. The van der Waals surface area contributed by atoms with Crippen LogP contribution in [0.2, 0.25) is 0 Å². The lowest BCUT2D eigenvalue weighted by Crippen LogP contribution is -2.46. The Morgan fingerprint density at radius 1 is 1.39 bits per heavy atom. The van der Waals surface area contributed by atoms with Crippen molar-refractivity contribution in [2.24, 2.45) is 5.92 Å². The van der Waals surface area contributed by atoms with Gasteiger partial charge in [-0.25, -0.2) is 4.39 Å². The minimum absolute atomic E-state index is 0.109. The molecule has 1 atom stereocenters. The molecule has 2 rings (SSSR count). The molecule has 0 spiro atoms. The van der Waals surface area contributed by atoms with E-state index in [1.165, 1.54) is 6.42 Å². The average molecular weight is 250 g/mol. The first-order chi connectivity index (χ1) is 8.66. The van der Waals surface area contributed by atoms with Crippen LogP contribution >= 0.6 is 0 Å². The molecule has 18 heavy (non-hydrogen) atoms. The van der Waals surface area contributed by atoms with Gasteiger partial charge in [0.15, 0.2) is 0 Å². The second-order valence-corrected chi connectivity index (χ2v) is 5.54. The quantitative estimate of drug-likeness (QED) is 0.883. The van der Waals surface area contributed by atoms with Gasteiger partial charge < -0.3 is 10.2 Å². The van der Waals surface area contributed by atoms with Crippen LogP contribution in [0.5, 0.6) is 0 Å². The second kappa shape index (κ2) is 6.19. The van der Waals surface area contributed by atoms with Gasteiger partial charge in [0, 0.05) is 19.1 Å². The molecule has 1 N–H and O–H groups in total. The lowest BCUT2D eigenvalue weighted by molar-refractivity contribution is 0.397. The highest BCUT2D eigenvalue weighted by Crippen LogP contribution is 2.22. The summed E-state index contributed by atoms with van der Waals surface area (Å²) in [6, 6.07) is 7.56. The number of halogens is 1. The maximum atomic E-state index is 13.8. The largest absolute Gasteiger partial charge is 0.368 e. The predicted molar refractivity (Wildman–Crippen MR) is 74.5 cm³/mol. The van der Waals surface area contributed by atoms with Gasteiger partial charge in [-0.05, 0) is 37.4 Å². The zero-order valence-electron chi connectivity index (χ0n) is 11.3. The normalized spacial score (nSPS) is 20.4. The maximum absolute atomic E-state index is 13.8. The Bertz CT molecular complexity index is 379. The van der Waals surface area contributed by atoms with E-state index >= 15 is 0 Å². The lowest BCUT2D eigenvalue weighted by atomic mass is 10.0. The molecule has 0 aliphatic carbocycles. The number of rotatable bonds is 4. The molecule has 2 nitrogen and oxygen atoms in total. The van der Waals surface area contributed by atoms with E-state index < -0.39 is 0 Å². The van der Waals surface area contributed by atoms with E-state index in [0.717, 1.165) is 31.7 Å². The molecule has 1 aliphatic rings. The number of para-hydroxylation sites is 1. The van der Waals surface area contributed by atoms with E-state index in [-0.39, 0.29) is 5.82 Å². The van der Waals surface area contributed by atoms with Gasteiger partial charge >= 0.3 is 0 Å². The van der Waals surface area contributed by atoms with Crippen LogP contribution in [0.3, 0.4) is 0 Å². The summed E-state index contributed by atoms with van der Waals surface area (Å²) in [6.07, 6.45) is 2.32. The van der Waals surface area contributed by atoms with E-state index in [1.807, 2.05) is 12.1 Å². The Hall–Kier alpha value is -1.09. The smallest absolute Gasteiger partial charge is 0.146 e. The van der Waals surface area contributed by atoms with Crippen molar-refractivity contribution in [2.45, 2.75) is 32.7 Å². The number of hydrogen-bond donors (Lipinski definition) is 1.